The molecule has 2 heterocycles. The van der Waals surface area contributed by atoms with E-state index in [1.54, 1.807) is 31.4 Å². The SMILES string of the molecule is CN(Cc1cc(Cl)c(O[C@H]2CCc3c(-c4cccc(OCCCN5CC(O)C5)c4Cl)cccc32)cc1OCc1cncc(C#N)c1)[C@@](C)(CO)C(=O)O. The summed E-state index contributed by atoms with van der Waals surface area (Å²) in [5, 5.41) is 39.5. The number of likely N-dealkylation sites (tertiary alicyclic amines) is 1. The summed E-state index contributed by atoms with van der Waals surface area (Å²) in [6.07, 6.45) is 4.81. The standard InChI is InChI=1S/C40H42Cl2N4O7/c1-40(24-47,39(49)50)45(2)20-27-15-33(41)37(16-36(27)52-23-26-14-25(17-43)18-44-19-26)53-34-11-10-30-29(6-3-7-31(30)34)32-8-4-9-35(38(32)42)51-13-5-12-46-21-28(48)22-46/h3-4,6-9,14-16,18-19,28,34,47-48H,5,10-13,20-24H2,1-2H3,(H,49,50)/t34-,40-/m0/s1. The van der Waals surface area contributed by atoms with Crippen LogP contribution < -0.4 is 14.2 Å². The van der Waals surface area contributed by atoms with Crippen molar-refractivity contribution in [2.45, 2.75) is 57.1 Å². The van der Waals surface area contributed by atoms with Gasteiger partial charge in [-0.15, -0.1) is 0 Å². The summed E-state index contributed by atoms with van der Waals surface area (Å²) in [6, 6.07) is 19.0. The molecule has 1 aliphatic heterocycles. The molecule has 0 radical (unpaired) electrons. The van der Waals surface area contributed by atoms with Crippen molar-refractivity contribution in [2.75, 3.05) is 39.9 Å². The molecule has 278 valence electrons. The lowest BCUT2D eigenvalue weighted by molar-refractivity contribution is -0.152. The number of nitrogens with zero attached hydrogens (tertiary/aromatic N) is 4. The quantitative estimate of drug-likeness (QED) is 0.111. The van der Waals surface area contributed by atoms with Crippen LogP contribution in [-0.4, -0.2) is 87.6 Å². The van der Waals surface area contributed by atoms with E-state index in [4.69, 9.17) is 37.4 Å². The topological polar surface area (TPSA) is 149 Å². The van der Waals surface area contributed by atoms with E-state index < -0.39 is 18.1 Å². The highest BCUT2D eigenvalue weighted by molar-refractivity contribution is 6.35. The van der Waals surface area contributed by atoms with Gasteiger partial charge in [-0.2, -0.15) is 5.26 Å². The molecule has 2 aliphatic rings. The fraction of sp³-hybridized carbons (Fsp3) is 0.375. The number of pyridine rings is 1. The van der Waals surface area contributed by atoms with E-state index in [9.17, 15) is 25.4 Å². The molecule has 13 heteroatoms. The van der Waals surface area contributed by atoms with Crippen LogP contribution in [0, 0.1) is 11.3 Å². The lowest BCUT2D eigenvalue weighted by atomic mass is 9.96. The molecule has 6 rings (SSSR count). The molecule has 1 aliphatic carbocycles. The number of aromatic nitrogens is 1. The number of fused-ring (bicyclic) bond motifs is 1. The number of likely N-dealkylation sites (N-methyl/N-ethyl adjacent to an activating group) is 1. The third kappa shape index (κ3) is 8.54. The van der Waals surface area contributed by atoms with Crippen LogP contribution in [0.1, 0.15) is 53.7 Å². The number of β-amino-alcohol motifs (C(OH)–C–C–N with tert-alkyl or cyclic N) is 1. The van der Waals surface area contributed by atoms with Gasteiger partial charge in [-0.1, -0.05) is 53.5 Å². The molecule has 1 aromatic heterocycles. The van der Waals surface area contributed by atoms with Gasteiger partial charge in [-0.25, -0.2) is 0 Å². The summed E-state index contributed by atoms with van der Waals surface area (Å²) in [6.45, 7) is 3.81. The third-order valence-electron chi connectivity index (χ3n) is 10.0. The van der Waals surface area contributed by atoms with E-state index >= 15 is 0 Å². The average molecular weight is 762 g/mol. The van der Waals surface area contributed by atoms with E-state index in [2.05, 4.69) is 22.0 Å². The molecule has 53 heavy (non-hydrogen) atoms. The number of carboxylic acids is 1. The predicted molar refractivity (Wildman–Crippen MR) is 200 cm³/mol. The van der Waals surface area contributed by atoms with Gasteiger partial charge in [0.25, 0.3) is 0 Å². The largest absolute Gasteiger partial charge is 0.492 e. The summed E-state index contributed by atoms with van der Waals surface area (Å²) < 4.78 is 18.9. The predicted octanol–water partition coefficient (Wildman–Crippen LogP) is 6.29. The van der Waals surface area contributed by atoms with Crippen molar-refractivity contribution in [1.29, 1.82) is 5.26 Å². The Hall–Kier alpha value is -4.41. The van der Waals surface area contributed by atoms with Crippen molar-refractivity contribution in [3.63, 3.8) is 0 Å². The summed E-state index contributed by atoms with van der Waals surface area (Å²) >= 11 is 13.8. The van der Waals surface area contributed by atoms with Gasteiger partial charge < -0.3 is 29.5 Å². The van der Waals surface area contributed by atoms with Gasteiger partial charge >= 0.3 is 5.97 Å². The molecule has 2 atom stereocenters. The Balaban J connectivity index is 1.23. The highest BCUT2D eigenvalue weighted by atomic mass is 35.5. The van der Waals surface area contributed by atoms with Crippen molar-refractivity contribution in [1.82, 2.24) is 14.8 Å². The number of aliphatic hydroxyl groups excluding tert-OH is 2. The first-order chi connectivity index (χ1) is 25.5. The van der Waals surface area contributed by atoms with Gasteiger partial charge in [0.2, 0.25) is 0 Å². The lowest BCUT2D eigenvalue weighted by Crippen LogP contribution is -2.52. The molecule has 1 saturated heterocycles. The van der Waals surface area contributed by atoms with Gasteiger partial charge in [0.1, 0.15) is 41.6 Å². The molecule has 1 fully saturated rings. The number of ether oxygens (including phenoxy) is 3. The number of halogens is 2. The molecule has 0 unspecified atom stereocenters. The summed E-state index contributed by atoms with van der Waals surface area (Å²) in [5.41, 5.74) is 4.12. The first kappa shape index (κ1) is 38.3. The first-order valence-electron chi connectivity index (χ1n) is 17.5. The normalized spacial score (nSPS) is 16.8. The lowest BCUT2D eigenvalue weighted by Gasteiger charge is -2.35. The number of rotatable bonds is 16. The fourth-order valence-corrected chi connectivity index (χ4v) is 7.18. The zero-order valence-corrected chi connectivity index (χ0v) is 31.1. The Labute approximate surface area is 318 Å². The Bertz CT molecular complexity index is 2000. The van der Waals surface area contributed by atoms with E-state index in [-0.39, 0.29) is 25.4 Å². The van der Waals surface area contributed by atoms with Gasteiger partial charge in [-0.05, 0) is 68.1 Å². The van der Waals surface area contributed by atoms with E-state index in [0.717, 1.165) is 41.6 Å². The number of hydrogen-bond acceptors (Lipinski definition) is 10. The van der Waals surface area contributed by atoms with Crippen LogP contribution in [0.15, 0.2) is 67.0 Å². The van der Waals surface area contributed by atoms with Crippen LogP contribution in [0.25, 0.3) is 11.1 Å². The summed E-state index contributed by atoms with van der Waals surface area (Å²) in [7, 11) is 1.61. The minimum absolute atomic E-state index is 0.0816. The Kier molecular flexibility index (Phi) is 12.1. The molecule has 0 amide bonds. The van der Waals surface area contributed by atoms with Gasteiger partial charge in [-0.3, -0.25) is 19.6 Å². The second-order valence-electron chi connectivity index (χ2n) is 13.7. The Morgan fingerprint density at radius 2 is 1.85 bits per heavy atom. The molecule has 0 bridgehead atoms. The van der Waals surface area contributed by atoms with Crippen molar-refractivity contribution in [3.05, 3.63) is 105 Å². The van der Waals surface area contributed by atoms with Crippen LogP contribution in [0.4, 0.5) is 0 Å². The number of aliphatic hydroxyl groups is 2. The average Bonchev–Trinajstić information content (AvgIpc) is 3.56. The zero-order valence-electron chi connectivity index (χ0n) is 29.6. The van der Waals surface area contributed by atoms with Gasteiger partial charge in [0.15, 0.2) is 0 Å². The minimum atomic E-state index is -1.55. The van der Waals surface area contributed by atoms with E-state index in [1.165, 1.54) is 18.0 Å². The summed E-state index contributed by atoms with van der Waals surface area (Å²) in [5.74, 6) is 0.251. The number of aliphatic carboxylic acids is 1. The molecule has 4 aromatic rings. The van der Waals surface area contributed by atoms with Gasteiger partial charge in [0.05, 0.1) is 34.9 Å². The van der Waals surface area contributed by atoms with Crippen LogP contribution in [0.5, 0.6) is 17.2 Å². The maximum absolute atomic E-state index is 12.1. The van der Waals surface area contributed by atoms with Crippen molar-refractivity contribution in [2.24, 2.45) is 0 Å². The van der Waals surface area contributed by atoms with Crippen molar-refractivity contribution < 1.29 is 34.3 Å². The summed E-state index contributed by atoms with van der Waals surface area (Å²) in [4.78, 5) is 19.9. The number of nitriles is 1. The van der Waals surface area contributed by atoms with E-state index in [0.29, 0.717) is 70.1 Å². The second kappa shape index (κ2) is 16.7. The highest BCUT2D eigenvalue weighted by Gasteiger charge is 2.37. The van der Waals surface area contributed by atoms with Crippen molar-refractivity contribution in [3.8, 4) is 34.4 Å². The Morgan fingerprint density at radius 3 is 2.58 bits per heavy atom. The third-order valence-corrected chi connectivity index (χ3v) is 10.7. The number of carbonyl (C=O) groups is 1. The minimum Gasteiger partial charge on any atom is -0.492 e. The fourth-order valence-electron chi connectivity index (χ4n) is 6.66. The second-order valence-corrected chi connectivity index (χ2v) is 14.5. The molecule has 3 N–H and O–H groups in total. The van der Waals surface area contributed by atoms with Crippen LogP contribution in [0.3, 0.4) is 0 Å². The zero-order chi connectivity index (χ0) is 37.7. The Morgan fingerprint density at radius 1 is 1.08 bits per heavy atom. The number of benzene rings is 3. The molecular weight excluding hydrogens is 719 g/mol. The van der Waals surface area contributed by atoms with Crippen LogP contribution in [-0.2, 0) is 24.4 Å². The first-order valence-corrected chi connectivity index (χ1v) is 18.2. The maximum Gasteiger partial charge on any atom is 0.326 e. The van der Waals surface area contributed by atoms with Gasteiger partial charge in [0, 0.05) is 61.3 Å². The number of hydrogen-bond donors (Lipinski definition) is 3. The van der Waals surface area contributed by atoms with E-state index in [1.807, 2.05) is 30.3 Å². The smallest absolute Gasteiger partial charge is 0.326 e. The number of carboxylic acid groups (broad SMARTS) is 1. The monoisotopic (exact) mass is 760 g/mol. The van der Waals surface area contributed by atoms with Crippen LogP contribution >= 0.6 is 23.2 Å². The van der Waals surface area contributed by atoms with Crippen LogP contribution in [0.2, 0.25) is 10.0 Å². The molecule has 0 spiro atoms. The molecule has 11 nitrogen and oxygen atoms in total. The molecule has 0 saturated carbocycles. The van der Waals surface area contributed by atoms with Crippen molar-refractivity contribution >= 4 is 29.2 Å². The molecular formula is C40H42Cl2N4O7. The highest BCUT2D eigenvalue weighted by Crippen LogP contribution is 2.45. The molecule has 3 aromatic carbocycles. The maximum atomic E-state index is 12.1.